The summed E-state index contributed by atoms with van der Waals surface area (Å²) in [4.78, 5) is 14.0. The van der Waals surface area contributed by atoms with Crippen LogP contribution < -0.4 is 5.32 Å². The molecule has 7 heteroatoms. The van der Waals surface area contributed by atoms with Crippen molar-refractivity contribution in [2.45, 2.75) is 34.2 Å². The van der Waals surface area contributed by atoms with Crippen LogP contribution in [-0.2, 0) is 6.54 Å². The van der Waals surface area contributed by atoms with Crippen molar-refractivity contribution in [3.8, 4) is 0 Å². The number of aromatic nitrogens is 3. The first kappa shape index (κ1) is 14.8. The van der Waals surface area contributed by atoms with Crippen LogP contribution in [0.15, 0.2) is 16.7 Å². The van der Waals surface area contributed by atoms with E-state index in [1.165, 1.54) is 11.3 Å². The van der Waals surface area contributed by atoms with Gasteiger partial charge in [0, 0.05) is 18.0 Å². The summed E-state index contributed by atoms with van der Waals surface area (Å²) in [6.07, 6.45) is 0. The maximum Gasteiger partial charge on any atom is 0.267 e. The Morgan fingerprint density at radius 2 is 2.18 bits per heavy atom. The molecule has 3 aromatic rings. The van der Waals surface area contributed by atoms with Crippen LogP contribution in [0.25, 0.3) is 10.2 Å². The van der Waals surface area contributed by atoms with Gasteiger partial charge in [-0.05, 0) is 25.8 Å². The molecule has 0 bridgehead atoms. The SMILES string of the molecule is Cc1cc(NC(=O)c2cc3c(C)nn(CC(C)C)c3s2)no1. The van der Waals surface area contributed by atoms with Crippen LogP contribution in [0.3, 0.4) is 0 Å². The van der Waals surface area contributed by atoms with Crippen molar-refractivity contribution >= 4 is 33.3 Å². The average molecular weight is 318 g/mol. The minimum Gasteiger partial charge on any atom is -0.360 e. The molecule has 22 heavy (non-hydrogen) atoms. The van der Waals surface area contributed by atoms with Crippen molar-refractivity contribution in [3.05, 3.63) is 28.5 Å². The predicted octanol–water partition coefficient (Wildman–Crippen LogP) is 3.61. The molecule has 0 atom stereocenters. The van der Waals surface area contributed by atoms with Crippen molar-refractivity contribution in [1.82, 2.24) is 14.9 Å². The summed E-state index contributed by atoms with van der Waals surface area (Å²) in [5, 5.41) is 12.1. The molecule has 1 N–H and O–H groups in total. The smallest absolute Gasteiger partial charge is 0.267 e. The second-order valence-electron chi connectivity index (χ2n) is 5.77. The van der Waals surface area contributed by atoms with Gasteiger partial charge in [-0.1, -0.05) is 19.0 Å². The summed E-state index contributed by atoms with van der Waals surface area (Å²) < 4.78 is 6.93. The van der Waals surface area contributed by atoms with E-state index in [0.29, 0.717) is 22.4 Å². The molecule has 3 heterocycles. The Morgan fingerprint density at radius 1 is 1.41 bits per heavy atom. The van der Waals surface area contributed by atoms with E-state index >= 15 is 0 Å². The lowest BCUT2D eigenvalue weighted by Crippen LogP contribution is -2.10. The van der Waals surface area contributed by atoms with Gasteiger partial charge in [0.15, 0.2) is 5.82 Å². The van der Waals surface area contributed by atoms with Gasteiger partial charge in [-0.3, -0.25) is 9.48 Å². The normalized spacial score (nSPS) is 11.5. The molecule has 0 aliphatic heterocycles. The summed E-state index contributed by atoms with van der Waals surface area (Å²) in [6, 6.07) is 3.58. The summed E-state index contributed by atoms with van der Waals surface area (Å²) in [5.41, 5.74) is 0.947. The fourth-order valence-electron chi connectivity index (χ4n) is 2.30. The van der Waals surface area contributed by atoms with Gasteiger partial charge in [0.05, 0.1) is 10.6 Å². The zero-order chi connectivity index (χ0) is 15.9. The van der Waals surface area contributed by atoms with E-state index in [9.17, 15) is 4.79 Å². The fraction of sp³-hybridized carbons (Fsp3) is 0.400. The molecular formula is C15H18N4O2S. The van der Waals surface area contributed by atoms with Gasteiger partial charge in [-0.25, -0.2) is 0 Å². The number of anilines is 1. The third kappa shape index (κ3) is 2.76. The Balaban J connectivity index is 1.89. The van der Waals surface area contributed by atoms with Crippen molar-refractivity contribution in [2.24, 2.45) is 5.92 Å². The van der Waals surface area contributed by atoms with E-state index in [1.54, 1.807) is 13.0 Å². The minimum absolute atomic E-state index is 0.176. The maximum absolute atomic E-state index is 12.3. The van der Waals surface area contributed by atoms with Crippen molar-refractivity contribution < 1.29 is 9.32 Å². The first-order chi connectivity index (χ1) is 10.4. The second-order valence-corrected chi connectivity index (χ2v) is 6.80. The largest absolute Gasteiger partial charge is 0.360 e. The van der Waals surface area contributed by atoms with E-state index in [4.69, 9.17) is 4.52 Å². The summed E-state index contributed by atoms with van der Waals surface area (Å²) in [5.74, 6) is 1.42. The number of hydrogen-bond donors (Lipinski definition) is 1. The number of fused-ring (bicyclic) bond motifs is 1. The lowest BCUT2D eigenvalue weighted by molar-refractivity contribution is 0.102. The molecule has 0 aliphatic rings. The molecule has 6 nitrogen and oxygen atoms in total. The Kier molecular flexibility index (Phi) is 3.74. The molecule has 0 unspecified atom stereocenters. The first-order valence-corrected chi connectivity index (χ1v) is 7.97. The van der Waals surface area contributed by atoms with Crippen molar-refractivity contribution in [1.29, 1.82) is 0 Å². The predicted molar refractivity (Wildman–Crippen MR) is 86.4 cm³/mol. The number of nitrogens with one attached hydrogen (secondary N) is 1. The Morgan fingerprint density at radius 3 is 2.82 bits per heavy atom. The molecule has 0 fully saturated rings. The topological polar surface area (TPSA) is 73.0 Å². The van der Waals surface area contributed by atoms with E-state index in [-0.39, 0.29) is 5.91 Å². The van der Waals surface area contributed by atoms with E-state index < -0.39 is 0 Å². The number of carbonyl (C=O) groups excluding carboxylic acids is 1. The number of rotatable bonds is 4. The summed E-state index contributed by atoms with van der Waals surface area (Å²) in [6.45, 7) is 8.89. The highest BCUT2D eigenvalue weighted by molar-refractivity contribution is 7.20. The van der Waals surface area contributed by atoms with E-state index in [0.717, 1.165) is 22.5 Å². The van der Waals surface area contributed by atoms with Gasteiger partial charge in [-0.2, -0.15) is 5.10 Å². The zero-order valence-corrected chi connectivity index (χ0v) is 13.8. The number of hydrogen-bond acceptors (Lipinski definition) is 5. The number of aryl methyl sites for hydroxylation is 2. The van der Waals surface area contributed by atoms with Crippen LogP contribution in [0.1, 0.15) is 35.0 Å². The Hall–Kier alpha value is -2.15. The minimum atomic E-state index is -0.176. The summed E-state index contributed by atoms with van der Waals surface area (Å²) >= 11 is 1.45. The molecule has 116 valence electrons. The van der Waals surface area contributed by atoms with Gasteiger partial charge in [0.2, 0.25) is 0 Å². The van der Waals surface area contributed by atoms with Crippen LogP contribution in [-0.4, -0.2) is 20.8 Å². The molecule has 0 radical (unpaired) electrons. The van der Waals surface area contributed by atoms with Crippen molar-refractivity contribution in [3.63, 3.8) is 0 Å². The van der Waals surface area contributed by atoms with E-state index in [2.05, 4.69) is 29.4 Å². The Bertz CT molecular complexity index is 828. The highest BCUT2D eigenvalue weighted by Gasteiger charge is 2.17. The standard InChI is InChI=1S/C15H18N4O2S/c1-8(2)7-19-15-11(10(4)17-19)6-12(22-15)14(20)16-13-5-9(3)21-18-13/h5-6,8H,7H2,1-4H3,(H,16,18,20). The fourth-order valence-corrected chi connectivity index (χ4v) is 3.36. The molecule has 3 rings (SSSR count). The Labute approximate surface area is 132 Å². The average Bonchev–Trinajstić information content (AvgIpc) is 3.09. The molecule has 3 aromatic heterocycles. The van der Waals surface area contributed by atoms with Crippen LogP contribution in [0.5, 0.6) is 0 Å². The van der Waals surface area contributed by atoms with Gasteiger partial charge in [0.25, 0.3) is 5.91 Å². The first-order valence-electron chi connectivity index (χ1n) is 7.15. The monoisotopic (exact) mass is 318 g/mol. The molecule has 0 aliphatic carbocycles. The van der Waals surface area contributed by atoms with Gasteiger partial charge >= 0.3 is 0 Å². The third-order valence-corrected chi connectivity index (χ3v) is 4.39. The highest BCUT2D eigenvalue weighted by Crippen LogP contribution is 2.29. The number of amides is 1. The highest BCUT2D eigenvalue weighted by atomic mass is 32.1. The number of thiophene rings is 1. The van der Waals surface area contributed by atoms with Crippen LogP contribution in [0, 0.1) is 19.8 Å². The lowest BCUT2D eigenvalue weighted by atomic mass is 10.2. The van der Waals surface area contributed by atoms with Crippen LogP contribution in [0.2, 0.25) is 0 Å². The summed E-state index contributed by atoms with van der Waals surface area (Å²) in [7, 11) is 0. The van der Waals surface area contributed by atoms with Crippen LogP contribution in [0.4, 0.5) is 5.82 Å². The zero-order valence-electron chi connectivity index (χ0n) is 13.0. The molecule has 1 amide bonds. The molecule has 0 spiro atoms. The van der Waals surface area contributed by atoms with Gasteiger partial charge in [0.1, 0.15) is 10.6 Å². The maximum atomic E-state index is 12.3. The number of carbonyl (C=O) groups is 1. The molecule has 0 saturated carbocycles. The van der Waals surface area contributed by atoms with Gasteiger partial charge in [-0.15, -0.1) is 11.3 Å². The molecular weight excluding hydrogens is 300 g/mol. The third-order valence-electron chi connectivity index (χ3n) is 3.24. The lowest BCUT2D eigenvalue weighted by Gasteiger charge is -2.04. The number of nitrogens with zero attached hydrogens (tertiary/aromatic N) is 3. The second kappa shape index (κ2) is 5.57. The van der Waals surface area contributed by atoms with Crippen LogP contribution >= 0.6 is 11.3 Å². The quantitative estimate of drug-likeness (QED) is 0.797. The molecule has 0 aromatic carbocycles. The van der Waals surface area contributed by atoms with Crippen molar-refractivity contribution in [2.75, 3.05) is 5.32 Å². The molecule has 0 saturated heterocycles. The van der Waals surface area contributed by atoms with Gasteiger partial charge < -0.3 is 9.84 Å². The van der Waals surface area contributed by atoms with E-state index in [1.807, 2.05) is 17.7 Å².